The van der Waals surface area contributed by atoms with E-state index in [9.17, 15) is 14.8 Å². The average Bonchev–Trinajstić information content (AvgIpc) is 2.89. The van der Waals surface area contributed by atoms with E-state index in [4.69, 9.17) is 8.92 Å². The maximum atomic E-state index is 12.7. The molecule has 0 unspecified atom stereocenters. The van der Waals surface area contributed by atoms with Crippen LogP contribution in [0.15, 0.2) is 24.3 Å². The molecule has 0 aliphatic rings. The Bertz CT molecular complexity index is 862. The molecule has 8 heteroatoms. The van der Waals surface area contributed by atoms with Gasteiger partial charge in [-0.15, -0.1) is 10.3 Å². The molecule has 2 rings (SSSR count). The first kappa shape index (κ1) is 22.8. The molecule has 1 aromatic heterocycles. The summed E-state index contributed by atoms with van der Waals surface area (Å²) < 4.78 is 12.9. The predicted molar refractivity (Wildman–Crippen MR) is 117 cm³/mol. The lowest BCUT2D eigenvalue weighted by Gasteiger charge is -2.43. The van der Waals surface area contributed by atoms with Crippen LogP contribution < -0.4 is 5.59 Å². The molecule has 156 valence electrons. The van der Waals surface area contributed by atoms with Gasteiger partial charge in [-0.25, -0.2) is 4.79 Å². The van der Waals surface area contributed by atoms with Gasteiger partial charge in [0.05, 0.1) is 17.7 Å². The summed E-state index contributed by atoms with van der Waals surface area (Å²) in [6.45, 7) is 12.2. The van der Waals surface area contributed by atoms with E-state index in [2.05, 4.69) is 33.3 Å². The molecule has 1 heterocycles. The molecular formula is C20H32BNO5S. The van der Waals surface area contributed by atoms with Crippen LogP contribution in [0, 0.1) is 0 Å². The number of carbonyl (C=O) groups is 1. The molecule has 2 N–H and O–H groups in total. The minimum absolute atomic E-state index is 0.0437. The normalized spacial score (nSPS) is 13.6. The fourth-order valence-corrected chi connectivity index (χ4v) is 3.24. The van der Waals surface area contributed by atoms with Crippen LogP contribution in [0.5, 0.6) is 0 Å². The van der Waals surface area contributed by atoms with Crippen molar-refractivity contribution in [2.24, 2.45) is 0 Å². The molecule has 0 fully saturated rings. The quantitative estimate of drug-likeness (QED) is 0.757. The molecule has 0 saturated heterocycles. The number of fused-ring (bicyclic) bond motifs is 1. The SMILES string of the molecule is CC(C)(C)OC(=O)n1c(B(O)O)cc2ccc(COS(C)(C)C(C)(C)C)cc21. The van der Waals surface area contributed by atoms with Crippen LogP contribution in [0.3, 0.4) is 0 Å². The summed E-state index contributed by atoms with van der Waals surface area (Å²) >= 11 is 0. The molecule has 2 aromatic rings. The standard InChI is InChI=1S/C20H32BNO5S/c1-19(2,3)27-18(23)22-16-11-14(13-26-28(7,8)20(4,5)6)9-10-15(16)12-17(22)21(24)25/h9-12,24-25H,13H2,1-8H3. The third-order valence-electron chi connectivity index (χ3n) is 4.73. The van der Waals surface area contributed by atoms with Gasteiger partial charge in [0.1, 0.15) is 5.60 Å². The zero-order valence-corrected chi connectivity index (χ0v) is 18.9. The van der Waals surface area contributed by atoms with E-state index >= 15 is 0 Å². The van der Waals surface area contributed by atoms with Gasteiger partial charge in [-0.05, 0) is 56.4 Å². The molecule has 6 nitrogen and oxygen atoms in total. The molecule has 28 heavy (non-hydrogen) atoms. The average molecular weight is 409 g/mol. The second-order valence-electron chi connectivity index (χ2n) is 9.26. The molecule has 0 spiro atoms. The minimum Gasteiger partial charge on any atom is -0.443 e. The van der Waals surface area contributed by atoms with E-state index in [0.717, 1.165) is 10.9 Å². The molecule has 0 aliphatic heterocycles. The summed E-state index contributed by atoms with van der Waals surface area (Å²) in [4.78, 5) is 12.7. The molecule has 0 radical (unpaired) electrons. The van der Waals surface area contributed by atoms with Gasteiger partial charge in [0.15, 0.2) is 0 Å². The van der Waals surface area contributed by atoms with Crippen molar-refractivity contribution >= 4 is 40.0 Å². The van der Waals surface area contributed by atoms with E-state index in [0.29, 0.717) is 12.1 Å². The number of hydrogen-bond acceptors (Lipinski definition) is 5. The monoisotopic (exact) mass is 409 g/mol. The number of hydrogen-bond donors (Lipinski definition) is 2. The van der Waals surface area contributed by atoms with Gasteiger partial charge in [-0.3, -0.25) is 4.57 Å². The maximum Gasteiger partial charge on any atom is 0.506 e. The predicted octanol–water partition coefficient (Wildman–Crippen LogP) is 3.40. The Morgan fingerprint density at radius 3 is 2.21 bits per heavy atom. The topological polar surface area (TPSA) is 80.9 Å². The van der Waals surface area contributed by atoms with Crippen molar-refractivity contribution in [2.75, 3.05) is 12.5 Å². The van der Waals surface area contributed by atoms with Crippen LogP contribution in [-0.2, 0) is 15.5 Å². The van der Waals surface area contributed by atoms with Crippen molar-refractivity contribution < 1.29 is 23.8 Å². The summed E-state index contributed by atoms with van der Waals surface area (Å²) in [5, 5.41) is 20.2. The van der Waals surface area contributed by atoms with Gasteiger partial charge in [-0.2, -0.15) is 0 Å². The summed E-state index contributed by atoms with van der Waals surface area (Å²) in [6, 6.07) is 7.19. The van der Waals surface area contributed by atoms with E-state index < -0.39 is 29.1 Å². The van der Waals surface area contributed by atoms with Crippen LogP contribution in [0.2, 0.25) is 0 Å². The van der Waals surface area contributed by atoms with Crippen molar-refractivity contribution in [2.45, 2.75) is 58.5 Å². The number of aromatic nitrogens is 1. The highest BCUT2D eigenvalue weighted by Gasteiger charge is 2.29. The van der Waals surface area contributed by atoms with Gasteiger partial charge < -0.3 is 19.0 Å². The van der Waals surface area contributed by atoms with Gasteiger partial charge >= 0.3 is 13.2 Å². The zero-order valence-electron chi connectivity index (χ0n) is 18.1. The summed E-state index contributed by atoms with van der Waals surface area (Å²) in [5.41, 5.74) is 0.829. The number of benzene rings is 1. The molecule has 0 saturated carbocycles. The van der Waals surface area contributed by atoms with E-state index in [1.807, 2.05) is 18.2 Å². The molecule has 0 aliphatic carbocycles. The fraction of sp³-hybridized carbons (Fsp3) is 0.550. The molecular weight excluding hydrogens is 377 g/mol. The highest BCUT2D eigenvalue weighted by atomic mass is 32.3. The van der Waals surface area contributed by atoms with Crippen molar-refractivity contribution in [3.05, 3.63) is 29.8 Å². The third kappa shape index (κ3) is 5.11. The van der Waals surface area contributed by atoms with E-state index in [1.54, 1.807) is 26.8 Å². The minimum atomic E-state index is -1.79. The zero-order chi connectivity index (χ0) is 21.5. The fourth-order valence-electron chi connectivity index (χ4n) is 2.45. The second-order valence-corrected chi connectivity index (χ2v) is 13.2. The van der Waals surface area contributed by atoms with Crippen molar-refractivity contribution in [1.29, 1.82) is 0 Å². The Morgan fingerprint density at radius 2 is 1.71 bits per heavy atom. The van der Waals surface area contributed by atoms with Crippen molar-refractivity contribution in [3.8, 4) is 0 Å². The second kappa shape index (κ2) is 7.74. The van der Waals surface area contributed by atoms with E-state index in [-0.39, 0.29) is 10.3 Å². The molecule has 1 aromatic carbocycles. The lowest BCUT2D eigenvalue weighted by atomic mass is 9.86. The number of carbonyl (C=O) groups excluding carboxylic acids is 1. The Hall–Kier alpha value is -1.48. The van der Waals surface area contributed by atoms with Crippen molar-refractivity contribution in [1.82, 2.24) is 4.57 Å². The first-order valence-corrected chi connectivity index (χ1v) is 11.6. The highest BCUT2D eigenvalue weighted by molar-refractivity contribution is 8.29. The van der Waals surface area contributed by atoms with Gasteiger partial charge in [-0.1, -0.05) is 32.9 Å². The Labute approximate surface area is 169 Å². The van der Waals surface area contributed by atoms with Crippen LogP contribution in [0.1, 0.15) is 47.1 Å². The van der Waals surface area contributed by atoms with E-state index in [1.165, 1.54) is 4.57 Å². The van der Waals surface area contributed by atoms with Crippen LogP contribution in [0.4, 0.5) is 4.79 Å². The van der Waals surface area contributed by atoms with Gasteiger partial charge in [0, 0.05) is 4.75 Å². The van der Waals surface area contributed by atoms with Crippen LogP contribution >= 0.6 is 10.3 Å². The van der Waals surface area contributed by atoms with Crippen LogP contribution in [0.25, 0.3) is 10.9 Å². The molecule has 0 atom stereocenters. The Balaban J connectivity index is 2.43. The largest absolute Gasteiger partial charge is 0.506 e. The Kier molecular flexibility index (Phi) is 6.31. The number of rotatable bonds is 4. The third-order valence-corrected chi connectivity index (χ3v) is 8.39. The first-order valence-electron chi connectivity index (χ1n) is 9.23. The molecule has 0 bridgehead atoms. The number of ether oxygens (including phenoxy) is 1. The Morgan fingerprint density at radius 1 is 1.11 bits per heavy atom. The lowest BCUT2D eigenvalue weighted by molar-refractivity contribution is 0.0547. The summed E-state index contributed by atoms with van der Waals surface area (Å²) in [7, 11) is -3.07. The lowest BCUT2D eigenvalue weighted by Crippen LogP contribution is -2.41. The summed E-state index contributed by atoms with van der Waals surface area (Å²) in [5.74, 6) is 0. The van der Waals surface area contributed by atoms with Crippen molar-refractivity contribution in [3.63, 3.8) is 0 Å². The molecule has 0 amide bonds. The van der Waals surface area contributed by atoms with Gasteiger partial charge in [0.2, 0.25) is 0 Å². The first-order chi connectivity index (χ1) is 12.6. The smallest absolute Gasteiger partial charge is 0.443 e. The summed E-state index contributed by atoms with van der Waals surface area (Å²) in [6.07, 6.45) is 3.62. The maximum absolute atomic E-state index is 12.7. The van der Waals surface area contributed by atoms with Crippen LogP contribution in [-0.4, -0.2) is 50.7 Å². The highest BCUT2D eigenvalue weighted by Crippen LogP contribution is 2.54. The van der Waals surface area contributed by atoms with Gasteiger partial charge in [0.25, 0.3) is 0 Å². The number of nitrogens with zero attached hydrogens (tertiary/aromatic N) is 1.